The van der Waals surface area contributed by atoms with Crippen LogP contribution in [0.25, 0.3) is 0 Å². The number of hydrogen-bond donors (Lipinski definition) is 2. The van der Waals surface area contributed by atoms with Gasteiger partial charge in [-0.25, -0.2) is 8.42 Å². The third kappa shape index (κ3) is 5.48. The molecule has 1 heterocycles. The smallest absolute Gasteiger partial charge is 0.220 e. The average Bonchev–Trinajstić information content (AvgIpc) is 2.34. The molecule has 0 aromatic carbocycles. The molecule has 1 rings (SSSR count). The van der Waals surface area contributed by atoms with Crippen molar-refractivity contribution in [3.05, 3.63) is 0 Å². The normalized spacial score (nSPS) is 21.1. The van der Waals surface area contributed by atoms with Crippen LogP contribution >= 0.6 is 0 Å². The van der Waals surface area contributed by atoms with Gasteiger partial charge in [-0.3, -0.25) is 4.79 Å². The van der Waals surface area contributed by atoms with Gasteiger partial charge in [-0.1, -0.05) is 6.42 Å². The summed E-state index contributed by atoms with van der Waals surface area (Å²) < 4.78 is 22.1. The Balaban J connectivity index is 2.28. The van der Waals surface area contributed by atoms with Crippen LogP contribution in [0.4, 0.5) is 0 Å². The lowest BCUT2D eigenvalue weighted by molar-refractivity contribution is -0.121. The van der Waals surface area contributed by atoms with Gasteiger partial charge in [0.25, 0.3) is 0 Å². The summed E-state index contributed by atoms with van der Waals surface area (Å²) in [7, 11) is -3.16. The third-order valence-corrected chi connectivity index (χ3v) is 6.00. The van der Waals surface area contributed by atoms with Crippen LogP contribution in [0, 0.1) is 0 Å². The van der Waals surface area contributed by atoms with Gasteiger partial charge in [0, 0.05) is 25.3 Å². The second-order valence-electron chi connectivity index (χ2n) is 5.99. The predicted octanol–water partition coefficient (Wildman–Crippen LogP) is 0.848. The Bertz CT molecular complexity index is 398. The summed E-state index contributed by atoms with van der Waals surface area (Å²) in [5.74, 6) is -0.0656. The Morgan fingerprint density at radius 3 is 2.58 bits per heavy atom. The monoisotopic (exact) mass is 290 g/mol. The lowest BCUT2D eigenvalue weighted by atomic mass is 10.0. The molecule has 0 bridgehead atoms. The lowest BCUT2D eigenvalue weighted by Gasteiger charge is -2.24. The number of carbonyl (C=O) groups is 1. The first-order chi connectivity index (χ1) is 8.72. The van der Waals surface area contributed by atoms with Gasteiger partial charge in [-0.2, -0.15) is 0 Å². The van der Waals surface area contributed by atoms with Crippen molar-refractivity contribution in [3.63, 3.8) is 0 Å². The first kappa shape index (κ1) is 16.4. The zero-order valence-corrected chi connectivity index (χ0v) is 13.0. The molecule has 1 aliphatic rings. The number of rotatable bonds is 6. The fourth-order valence-electron chi connectivity index (χ4n) is 2.01. The minimum atomic E-state index is -3.16. The number of carbonyl (C=O) groups excluding carboxylic acids is 1. The van der Waals surface area contributed by atoms with E-state index in [0.29, 0.717) is 12.5 Å². The van der Waals surface area contributed by atoms with Crippen LogP contribution in [0.2, 0.25) is 0 Å². The van der Waals surface area contributed by atoms with Gasteiger partial charge in [-0.05, 0) is 39.7 Å². The van der Waals surface area contributed by atoms with E-state index in [1.54, 1.807) is 13.8 Å². The van der Waals surface area contributed by atoms with Crippen molar-refractivity contribution < 1.29 is 13.2 Å². The molecule has 1 saturated heterocycles. The Kier molecular flexibility index (Phi) is 5.80. The highest BCUT2D eigenvalue weighted by molar-refractivity contribution is 7.92. The van der Waals surface area contributed by atoms with E-state index in [1.165, 1.54) is 19.1 Å². The van der Waals surface area contributed by atoms with Crippen LogP contribution in [0.5, 0.6) is 0 Å². The van der Waals surface area contributed by atoms with Crippen LogP contribution < -0.4 is 10.6 Å². The summed E-state index contributed by atoms with van der Waals surface area (Å²) in [5, 5.41) is 6.12. The second-order valence-corrected chi connectivity index (χ2v) is 8.64. The van der Waals surface area contributed by atoms with Gasteiger partial charge in [0.15, 0.2) is 9.84 Å². The molecule has 0 radical (unpaired) electrons. The van der Waals surface area contributed by atoms with Gasteiger partial charge in [-0.15, -0.1) is 0 Å². The number of hydrogen-bond acceptors (Lipinski definition) is 4. The summed E-state index contributed by atoms with van der Waals surface area (Å²) in [6.45, 7) is 4.47. The second kappa shape index (κ2) is 6.70. The van der Waals surface area contributed by atoms with Crippen molar-refractivity contribution in [1.29, 1.82) is 0 Å². The average molecular weight is 290 g/mol. The highest BCUT2D eigenvalue weighted by Gasteiger charge is 2.30. The number of amides is 1. The van der Waals surface area contributed by atoms with Crippen molar-refractivity contribution in [3.8, 4) is 0 Å². The lowest BCUT2D eigenvalue weighted by Crippen LogP contribution is -2.44. The molecule has 112 valence electrons. The maximum atomic E-state index is 11.7. The molecule has 1 amide bonds. The van der Waals surface area contributed by atoms with Gasteiger partial charge in [0.1, 0.15) is 0 Å². The maximum absolute atomic E-state index is 11.7. The van der Waals surface area contributed by atoms with Crippen molar-refractivity contribution in [2.24, 2.45) is 0 Å². The summed E-state index contributed by atoms with van der Waals surface area (Å²) in [6, 6.07) is 0.433. The highest BCUT2D eigenvalue weighted by Crippen LogP contribution is 2.14. The molecule has 1 fully saturated rings. The molecule has 1 aliphatic heterocycles. The first-order valence-electron chi connectivity index (χ1n) is 6.92. The van der Waals surface area contributed by atoms with E-state index in [9.17, 15) is 13.2 Å². The van der Waals surface area contributed by atoms with Crippen molar-refractivity contribution in [2.75, 3.05) is 19.3 Å². The molecule has 1 unspecified atom stereocenters. The summed E-state index contributed by atoms with van der Waals surface area (Å²) >= 11 is 0. The Morgan fingerprint density at radius 1 is 1.37 bits per heavy atom. The van der Waals surface area contributed by atoms with Crippen LogP contribution in [-0.4, -0.2) is 44.5 Å². The molecule has 0 aromatic rings. The van der Waals surface area contributed by atoms with Crippen LogP contribution in [0.1, 0.15) is 46.0 Å². The molecule has 0 aromatic heterocycles. The largest absolute Gasteiger partial charge is 0.355 e. The van der Waals surface area contributed by atoms with Crippen molar-refractivity contribution >= 4 is 15.7 Å². The van der Waals surface area contributed by atoms with E-state index in [4.69, 9.17) is 0 Å². The zero-order valence-electron chi connectivity index (χ0n) is 12.2. The Labute approximate surface area is 116 Å². The Morgan fingerprint density at radius 2 is 2.05 bits per heavy atom. The zero-order chi connectivity index (χ0) is 14.5. The predicted molar refractivity (Wildman–Crippen MR) is 76.8 cm³/mol. The van der Waals surface area contributed by atoms with Crippen molar-refractivity contribution in [1.82, 2.24) is 10.6 Å². The van der Waals surface area contributed by atoms with E-state index in [2.05, 4.69) is 10.6 Å². The third-order valence-electron chi connectivity index (χ3n) is 3.85. The number of piperidine rings is 1. The summed E-state index contributed by atoms with van der Waals surface area (Å²) in [4.78, 5) is 11.7. The van der Waals surface area contributed by atoms with Crippen molar-refractivity contribution in [2.45, 2.75) is 56.7 Å². The van der Waals surface area contributed by atoms with E-state index >= 15 is 0 Å². The quantitative estimate of drug-likeness (QED) is 0.760. The molecular weight excluding hydrogens is 264 g/mol. The fraction of sp³-hybridized carbons (Fsp3) is 0.923. The molecule has 5 nitrogen and oxygen atoms in total. The van der Waals surface area contributed by atoms with E-state index in [0.717, 1.165) is 19.4 Å². The van der Waals surface area contributed by atoms with E-state index < -0.39 is 14.6 Å². The molecule has 6 heteroatoms. The van der Waals surface area contributed by atoms with Gasteiger partial charge in [0.05, 0.1) is 4.75 Å². The molecule has 1 atom stereocenters. The molecule has 19 heavy (non-hydrogen) atoms. The molecular formula is C13H26N2O3S. The van der Waals surface area contributed by atoms with Gasteiger partial charge >= 0.3 is 0 Å². The standard InChI is InChI=1S/C13H26N2O3S/c1-13(2,19(3,17)18)10-15-12(16)8-7-11-6-4-5-9-14-11/h11,14H,4-10H2,1-3H3,(H,15,16). The number of sulfone groups is 1. The molecule has 2 N–H and O–H groups in total. The van der Waals surface area contributed by atoms with E-state index in [-0.39, 0.29) is 12.5 Å². The van der Waals surface area contributed by atoms with Crippen LogP contribution in [0.3, 0.4) is 0 Å². The first-order valence-corrected chi connectivity index (χ1v) is 8.81. The SMILES string of the molecule is CC(C)(CNC(=O)CCC1CCCCN1)S(C)(=O)=O. The minimum absolute atomic E-state index is 0.0656. The highest BCUT2D eigenvalue weighted by atomic mass is 32.2. The fourth-order valence-corrected chi connectivity index (χ4v) is 2.34. The van der Waals surface area contributed by atoms with Crippen LogP contribution in [-0.2, 0) is 14.6 Å². The summed E-state index contributed by atoms with van der Waals surface area (Å²) in [5.41, 5.74) is 0. The van der Waals surface area contributed by atoms with Gasteiger partial charge in [0.2, 0.25) is 5.91 Å². The molecule has 0 spiro atoms. The topological polar surface area (TPSA) is 75.3 Å². The van der Waals surface area contributed by atoms with Gasteiger partial charge < -0.3 is 10.6 Å². The summed E-state index contributed by atoms with van der Waals surface area (Å²) in [6.07, 6.45) is 6.04. The minimum Gasteiger partial charge on any atom is -0.355 e. The maximum Gasteiger partial charge on any atom is 0.220 e. The molecule has 0 aliphatic carbocycles. The Hall–Kier alpha value is -0.620. The molecule has 0 saturated carbocycles. The van der Waals surface area contributed by atoms with Crippen LogP contribution in [0.15, 0.2) is 0 Å². The number of nitrogens with one attached hydrogen (secondary N) is 2. The van der Waals surface area contributed by atoms with E-state index in [1.807, 2.05) is 0 Å².